The minimum atomic E-state index is 0.177. The molecule has 3 heteroatoms. The quantitative estimate of drug-likeness (QED) is 0.618. The highest BCUT2D eigenvalue weighted by Crippen LogP contribution is 2.17. The zero-order chi connectivity index (χ0) is 9.14. The summed E-state index contributed by atoms with van der Waals surface area (Å²) < 4.78 is 5.05. The second kappa shape index (κ2) is 4.01. The van der Waals surface area contributed by atoms with Crippen LogP contribution in [0.3, 0.4) is 0 Å². The minimum Gasteiger partial charge on any atom is -0.369 e. The number of carbonyl (C=O) groups excluding carboxylic acids is 1. The summed E-state index contributed by atoms with van der Waals surface area (Å²) in [6, 6.07) is 0.341. The van der Waals surface area contributed by atoms with E-state index in [9.17, 15) is 4.79 Å². The first kappa shape index (κ1) is 9.68. The summed E-state index contributed by atoms with van der Waals surface area (Å²) in [5.74, 6) is 0.561. The Morgan fingerprint density at radius 1 is 1.58 bits per heavy atom. The number of hydrogen-bond donors (Lipinski definition) is 0. The van der Waals surface area contributed by atoms with Crippen LogP contribution < -0.4 is 0 Å². The van der Waals surface area contributed by atoms with Gasteiger partial charge in [0, 0.05) is 32.0 Å². The van der Waals surface area contributed by atoms with Crippen LogP contribution in [0.2, 0.25) is 0 Å². The van der Waals surface area contributed by atoms with Crippen molar-refractivity contribution in [2.24, 2.45) is 5.92 Å². The first-order chi connectivity index (χ1) is 5.65. The largest absolute Gasteiger partial charge is 0.369 e. The molecule has 0 radical (unpaired) electrons. The first-order valence-corrected chi connectivity index (χ1v) is 4.41. The molecule has 0 bridgehead atoms. The third-order valence-corrected chi connectivity index (χ3v) is 2.47. The number of methoxy groups -OCH3 is 1. The summed E-state index contributed by atoms with van der Waals surface area (Å²) in [4.78, 5) is 13.5. The van der Waals surface area contributed by atoms with Gasteiger partial charge < -0.3 is 4.74 Å². The molecule has 0 aromatic heterocycles. The zero-order valence-corrected chi connectivity index (χ0v) is 8.04. The lowest BCUT2D eigenvalue weighted by molar-refractivity contribution is -0.129. The number of ketones is 1. The van der Waals surface area contributed by atoms with E-state index in [1.807, 2.05) is 6.92 Å². The summed E-state index contributed by atoms with van der Waals surface area (Å²) in [7, 11) is 1.69. The Hall–Kier alpha value is -0.410. The molecule has 2 unspecified atom stereocenters. The number of likely N-dealkylation sites (tertiary alicyclic amines) is 1. The van der Waals surface area contributed by atoms with Crippen molar-refractivity contribution in [2.45, 2.75) is 26.3 Å². The highest BCUT2D eigenvalue weighted by molar-refractivity contribution is 5.82. The third kappa shape index (κ3) is 2.05. The van der Waals surface area contributed by atoms with E-state index >= 15 is 0 Å². The van der Waals surface area contributed by atoms with E-state index in [4.69, 9.17) is 4.74 Å². The van der Waals surface area contributed by atoms with Crippen LogP contribution in [-0.2, 0) is 9.53 Å². The Bertz CT molecular complexity index is 170. The van der Waals surface area contributed by atoms with E-state index in [-0.39, 0.29) is 5.92 Å². The molecule has 1 fully saturated rings. The molecule has 0 aromatic carbocycles. The highest BCUT2D eigenvalue weighted by Gasteiger charge is 2.28. The highest BCUT2D eigenvalue weighted by atomic mass is 16.5. The molecule has 1 aliphatic heterocycles. The minimum absolute atomic E-state index is 0.177. The summed E-state index contributed by atoms with van der Waals surface area (Å²) in [6.07, 6.45) is 0.671. The van der Waals surface area contributed by atoms with Gasteiger partial charge in [0.05, 0.1) is 6.73 Å². The first-order valence-electron chi connectivity index (χ1n) is 4.41. The lowest BCUT2D eigenvalue weighted by Gasteiger charge is -2.34. The van der Waals surface area contributed by atoms with Crippen LogP contribution in [0.5, 0.6) is 0 Å². The fourth-order valence-electron chi connectivity index (χ4n) is 1.60. The Kier molecular flexibility index (Phi) is 3.23. The van der Waals surface area contributed by atoms with Crippen molar-refractivity contribution < 1.29 is 9.53 Å². The van der Waals surface area contributed by atoms with E-state index in [2.05, 4.69) is 11.8 Å². The normalized spacial score (nSPS) is 32.4. The van der Waals surface area contributed by atoms with Crippen LogP contribution in [0.4, 0.5) is 0 Å². The van der Waals surface area contributed by atoms with Gasteiger partial charge in [0.25, 0.3) is 0 Å². The number of rotatable bonds is 2. The molecular weight excluding hydrogens is 154 g/mol. The average molecular weight is 171 g/mol. The van der Waals surface area contributed by atoms with Gasteiger partial charge in [-0.25, -0.2) is 0 Å². The standard InChI is InChI=1S/C9H17NO2/c1-7-5-10(6-12-3)8(2)4-9(7)11/h7-8H,4-6H2,1-3H3. The molecule has 0 aliphatic carbocycles. The summed E-state index contributed by atoms with van der Waals surface area (Å²) in [6.45, 7) is 5.53. The molecule has 12 heavy (non-hydrogen) atoms. The van der Waals surface area contributed by atoms with Crippen molar-refractivity contribution in [3.05, 3.63) is 0 Å². The molecule has 1 heterocycles. The van der Waals surface area contributed by atoms with Crippen molar-refractivity contribution in [3.8, 4) is 0 Å². The van der Waals surface area contributed by atoms with Gasteiger partial charge in [-0.05, 0) is 6.92 Å². The van der Waals surface area contributed by atoms with Gasteiger partial charge in [-0.2, -0.15) is 0 Å². The maximum atomic E-state index is 11.3. The van der Waals surface area contributed by atoms with Gasteiger partial charge in [0.1, 0.15) is 5.78 Å². The van der Waals surface area contributed by atoms with E-state index < -0.39 is 0 Å². The number of carbonyl (C=O) groups is 1. The molecule has 2 atom stereocenters. The molecule has 0 N–H and O–H groups in total. The SMILES string of the molecule is COCN1CC(C)C(=O)CC1C. The van der Waals surface area contributed by atoms with Crippen molar-refractivity contribution in [2.75, 3.05) is 20.4 Å². The van der Waals surface area contributed by atoms with Crippen LogP contribution >= 0.6 is 0 Å². The van der Waals surface area contributed by atoms with Gasteiger partial charge in [0.2, 0.25) is 0 Å². The number of piperidine rings is 1. The summed E-state index contributed by atoms with van der Waals surface area (Å²) >= 11 is 0. The van der Waals surface area contributed by atoms with Gasteiger partial charge in [-0.1, -0.05) is 6.92 Å². The smallest absolute Gasteiger partial charge is 0.138 e. The molecule has 1 aliphatic rings. The van der Waals surface area contributed by atoms with Gasteiger partial charge in [-0.3, -0.25) is 9.69 Å². The monoisotopic (exact) mass is 171 g/mol. The molecule has 1 rings (SSSR count). The molecule has 0 amide bonds. The Balaban J connectivity index is 2.49. The Labute approximate surface area is 73.7 Å². The fraction of sp³-hybridized carbons (Fsp3) is 0.889. The van der Waals surface area contributed by atoms with Crippen molar-refractivity contribution in [1.29, 1.82) is 0 Å². The number of Topliss-reactive ketones (excluding diaryl/α,β-unsaturated/α-hetero) is 1. The maximum absolute atomic E-state index is 11.3. The topological polar surface area (TPSA) is 29.5 Å². The lowest BCUT2D eigenvalue weighted by Crippen LogP contribution is -2.46. The van der Waals surface area contributed by atoms with Gasteiger partial charge in [0.15, 0.2) is 0 Å². The van der Waals surface area contributed by atoms with Gasteiger partial charge in [-0.15, -0.1) is 0 Å². The van der Waals surface area contributed by atoms with E-state index in [1.165, 1.54) is 0 Å². The molecule has 1 saturated heterocycles. The van der Waals surface area contributed by atoms with Crippen molar-refractivity contribution in [1.82, 2.24) is 4.90 Å². The third-order valence-electron chi connectivity index (χ3n) is 2.47. The molecule has 70 valence electrons. The predicted molar refractivity (Wildman–Crippen MR) is 46.8 cm³/mol. The van der Waals surface area contributed by atoms with E-state index in [0.29, 0.717) is 25.0 Å². The second-order valence-corrected chi connectivity index (χ2v) is 3.61. The second-order valence-electron chi connectivity index (χ2n) is 3.61. The maximum Gasteiger partial charge on any atom is 0.138 e. The van der Waals surface area contributed by atoms with E-state index in [1.54, 1.807) is 7.11 Å². The zero-order valence-electron chi connectivity index (χ0n) is 8.04. The van der Waals surface area contributed by atoms with Crippen molar-refractivity contribution >= 4 is 5.78 Å². The summed E-state index contributed by atoms with van der Waals surface area (Å²) in [5, 5.41) is 0. The Morgan fingerprint density at radius 2 is 2.25 bits per heavy atom. The van der Waals surface area contributed by atoms with Crippen molar-refractivity contribution in [3.63, 3.8) is 0 Å². The molecule has 0 spiro atoms. The molecular formula is C9H17NO2. The molecule has 3 nitrogen and oxygen atoms in total. The van der Waals surface area contributed by atoms with Crippen LogP contribution in [-0.4, -0.2) is 37.1 Å². The van der Waals surface area contributed by atoms with Crippen LogP contribution in [0.25, 0.3) is 0 Å². The predicted octanol–water partition coefficient (Wildman–Crippen LogP) is 0.890. The van der Waals surface area contributed by atoms with E-state index in [0.717, 1.165) is 6.54 Å². The average Bonchev–Trinajstić information content (AvgIpc) is 2.01. The number of hydrogen-bond acceptors (Lipinski definition) is 3. The lowest BCUT2D eigenvalue weighted by atomic mass is 9.94. The van der Waals surface area contributed by atoms with Crippen LogP contribution in [0.15, 0.2) is 0 Å². The number of nitrogens with zero attached hydrogens (tertiary/aromatic N) is 1. The fourth-order valence-corrected chi connectivity index (χ4v) is 1.60. The summed E-state index contributed by atoms with van der Waals surface area (Å²) in [5.41, 5.74) is 0. The molecule has 0 aromatic rings. The van der Waals surface area contributed by atoms with Crippen LogP contribution in [0.1, 0.15) is 20.3 Å². The van der Waals surface area contributed by atoms with Gasteiger partial charge >= 0.3 is 0 Å². The number of ether oxygens (including phenoxy) is 1. The van der Waals surface area contributed by atoms with Crippen LogP contribution in [0, 0.1) is 5.92 Å². The molecule has 0 saturated carbocycles. The Morgan fingerprint density at radius 3 is 2.83 bits per heavy atom.